The van der Waals surface area contributed by atoms with Gasteiger partial charge in [-0.3, -0.25) is 9.69 Å². The number of amides is 1. The van der Waals surface area contributed by atoms with E-state index in [0.717, 1.165) is 42.6 Å². The summed E-state index contributed by atoms with van der Waals surface area (Å²) in [5, 5.41) is 2.90. The number of carbonyl (C=O) groups is 1. The summed E-state index contributed by atoms with van der Waals surface area (Å²) in [5.41, 5.74) is 4.24. The van der Waals surface area contributed by atoms with Crippen LogP contribution < -0.4 is 5.32 Å². The lowest BCUT2D eigenvalue weighted by Crippen LogP contribution is -2.39. The number of rotatable bonds is 9. The highest BCUT2D eigenvalue weighted by Gasteiger charge is 2.21. The van der Waals surface area contributed by atoms with E-state index in [1.54, 1.807) is 0 Å². The first kappa shape index (κ1) is 22.5. The summed E-state index contributed by atoms with van der Waals surface area (Å²) in [6.07, 6.45) is 3.61. The van der Waals surface area contributed by atoms with Crippen LogP contribution >= 0.6 is 0 Å². The smallest absolute Gasteiger partial charge is 0.235 e. The number of aryl methyl sites for hydroxylation is 1. The van der Waals surface area contributed by atoms with Gasteiger partial charge in [-0.05, 0) is 49.5 Å². The van der Waals surface area contributed by atoms with Crippen molar-refractivity contribution in [1.82, 2.24) is 14.5 Å². The number of hydrogen-bond acceptors (Lipinski definition) is 4. The van der Waals surface area contributed by atoms with E-state index in [1.807, 2.05) is 49.4 Å². The van der Waals surface area contributed by atoms with Crippen LogP contribution in [-0.2, 0) is 34.5 Å². The van der Waals surface area contributed by atoms with Crippen molar-refractivity contribution in [3.05, 3.63) is 70.8 Å². The van der Waals surface area contributed by atoms with Gasteiger partial charge in [-0.1, -0.05) is 54.1 Å². The summed E-state index contributed by atoms with van der Waals surface area (Å²) in [4.78, 5) is 15.0. The molecule has 30 heavy (non-hydrogen) atoms. The van der Waals surface area contributed by atoms with Gasteiger partial charge < -0.3 is 5.32 Å². The normalized spacial score (nSPS) is 14.9. The maximum Gasteiger partial charge on any atom is 0.235 e. The Morgan fingerprint density at radius 1 is 1.03 bits per heavy atom. The topological polar surface area (TPSA) is 69.7 Å². The molecule has 0 unspecified atom stereocenters. The fourth-order valence-electron chi connectivity index (χ4n) is 3.66. The van der Waals surface area contributed by atoms with Crippen LogP contribution in [0.3, 0.4) is 0 Å². The Labute approximate surface area is 179 Å². The highest BCUT2D eigenvalue weighted by Crippen LogP contribution is 2.16. The van der Waals surface area contributed by atoms with Crippen molar-refractivity contribution in [3.8, 4) is 0 Å². The highest BCUT2D eigenvalue weighted by atomic mass is 32.2. The summed E-state index contributed by atoms with van der Waals surface area (Å²) in [5.74, 6) is -0.302. The molecule has 6 nitrogen and oxygen atoms in total. The molecule has 1 fully saturated rings. The summed E-state index contributed by atoms with van der Waals surface area (Å²) < 4.78 is 25.6. The molecule has 162 valence electrons. The first-order valence-electron chi connectivity index (χ1n) is 10.4. The van der Waals surface area contributed by atoms with Gasteiger partial charge in [-0.15, -0.1) is 0 Å². The average molecular weight is 430 g/mol. The van der Waals surface area contributed by atoms with Crippen LogP contribution in [0.5, 0.6) is 0 Å². The van der Waals surface area contributed by atoms with Gasteiger partial charge in [0.25, 0.3) is 0 Å². The van der Waals surface area contributed by atoms with E-state index in [4.69, 9.17) is 0 Å². The standard InChI is InChI=1S/C23H31N3O3S/c1-19-9-11-20(12-10-19)16-26(30(2,28)29)18-23(27)24-15-21-7-3-4-8-22(21)17-25-13-5-6-14-25/h3-4,7-12H,5-6,13-18H2,1-2H3,(H,24,27). The minimum atomic E-state index is -3.51. The molecule has 1 N–H and O–H groups in total. The van der Waals surface area contributed by atoms with E-state index in [-0.39, 0.29) is 19.0 Å². The van der Waals surface area contributed by atoms with Gasteiger partial charge in [0.15, 0.2) is 0 Å². The Hall–Kier alpha value is -2.22. The van der Waals surface area contributed by atoms with Gasteiger partial charge in [-0.25, -0.2) is 8.42 Å². The number of benzene rings is 2. The molecule has 0 spiro atoms. The molecular weight excluding hydrogens is 398 g/mol. The van der Waals surface area contributed by atoms with Crippen molar-refractivity contribution in [2.24, 2.45) is 0 Å². The second-order valence-electron chi connectivity index (χ2n) is 8.05. The third-order valence-electron chi connectivity index (χ3n) is 5.46. The molecule has 0 aliphatic carbocycles. The zero-order valence-corrected chi connectivity index (χ0v) is 18.6. The molecule has 7 heteroatoms. The molecule has 2 aromatic carbocycles. The Morgan fingerprint density at radius 2 is 1.67 bits per heavy atom. The van der Waals surface area contributed by atoms with E-state index in [2.05, 4.69) is 16.3 Å². The Bertz CT molecular complexity index is 952. The SMILES string of the molecule is Cc1ccc(CN(CC(=O)NCc2ccccc2CN2CCCC2)S(C)(=O)=O)cc1. The zero-order chi connectivity index (χ0) is 21.6. The minimum absolute atomic E-state index is 0.179. The lowest BCUT2D eigenvalue weighted by Gasteiger charge is -2.20. The first-order chi connectivity index (χ1) is 14.3. The molecule has 3 rings (SSSR count). The predicted octanol–water partition coefficient (Wildman–Crippen LogP) is 2.67. The molecule has 1 amide bonds. The third-order valence-corrected chi connectivity index (χ3v) is 6.65. The number of likely N-dealkylation sites (tertiary alicyclic amines) is 1. The Balaban J connectivity index is 1.60. The average Bonchev–Trinajstić information content (AvgIpc) is 3.21. The van der Waals surface area contributed by atoms with Crippen LogP contribution in [0, 0.1) is 6.92 Å². The number of nitrogens with one attached hydrogen (secondary N) is 1. The largest absolute Gasteiger partial charge is 0.351 e. The number of nitrogens with zero attached hydrogens (tertiary/aromatic N) is 2. The van der Waals surface area contributed by atoms with Crippen molar-refractivity contribution in [3.63, 3.8) is 0 Å². The quantitative estimate of drug-likeness (QED) is 0.665. The molecule has 1 saturated heterocycles. The van der Waals surface area contributed by atoms with Crippen molar-refractivity contribution in [2.45, 2.75) is 39.4 Å². The van der Waals surface area contributed by atoms with E-state index in [1.165, 1.54) is 22.7 Å². The van der Waals surface area contributed by atoms with Gasteiger partial charge >= 0.3 is 0 Å². The van der Waals surface area contributed by atoms with E-state index in [0.29, 0.717) is 6.54 Å². The van der Waals surface area contributed by atoms with Crippen LogP contribution in [0.25, 0.3) is 0 Å². The van der Waals surface area contributed by atoms with Crippen LogP contribution in [0.4, 0.5) is 0 Å². The monoisotopic (exact) mass is 429 g/mol. The lowest BCUT2D eigenvalue weighted by atomic mass is 10.1. The van der Waals surface area contributed by atoms with Crippen LogP contribution in [0.1, 0.15) is 35.1 Å². The molecule has 0 bridgehead atoms. The van der Waals surface area contributed by atoms with Crippen LogP contribution in [0.2, 0.25) is 0 Å². The minimum Gasteiger partial charge on any atom is -0.351 e. The van der Waals surface area contributed by atoms with Gasteiger partial charge in [-0.2, -0.15) is 4.31 Å². The molecule has 0 saturated carbocycles. The Kier molecular flexibility index (Phi) is 7.64. The maximum absolute atomic E-state index is 12.5. The predicted molar refractivity (Wildman–Crippen MR) is 119 cm³/mol. The second kappa shape index (κ2) is 10.2. The van der Waals surface area contributed by atoms with E-state index in [9.17, 15) is 13.2 Å². The molecule has 0 radical (unpaired) electrons. The molecule has 1 heterocycles. The van der Waals surface area contributed by atoms with Gasteiger partial charge in [0.1, 0.15) is 0 Å². The van der Waals surface area contributed by atoms with Crippen molar-refractivity contribution in [2.75, 3.05) is 25.9 Å². The second-order valence-corrected chi connectivity index (χ2v) is 10.0. The van der Waals surface area contributed by atoms with Gasteiger partial charge in [0.05, 0.1) is 12.8 Å². The Morgan fingerprint density at radius 3 is 2.30 bits per heavy atom. The van der Waals surface area contributed by atoms with Gasteiger partial charge in [0.2, 0.25) is 15.9 Å². The molecular formula is C23H31N3O3S. The first-order valence-corrected chi connectivity index (χ1v) is 12.2. The number of hydrogen-bond donors (Lipinski definition) is 1. The molecule has 1 aliphatic heterocycles. The van der Waals surface area contributed by atoms with E-state index < -0.39 is 10.0 Å². The van der Waals surface area contributed by atoms with E-state index >= 15 is 0 Å². The fourth-order valence-corrected chi connectivity index (χ4v) is 4.40. The van der Waals surface area contributed by atoms with Crippen molar-refractivity contribution >= 4 is 15.9 Å². The molecule has 2 aromatic rings. The van der Waals surface area contributed by atoms with Gasteiger partial charge in [0, 0.05) is 19.6 Å². The zero-order valence-electron chi connectivity index (χ0n) is 17.8. The summed E-state index contributed by atoms with van der Waals surface area (Å²) in [7, 11) is -3.51. The highest BCUT2D eigenvalue weighted by molar-refractivity contribution is 7.88. The van der Waals surface area contributed by atoms with Crippen LogP contribution in [0.15, 0.2) is 48.5 Å². The fraction of sp³-hybridized carbons (Fsp3) is 0.435. The van der Waals surface area contributed by atoms with Crippen LogP contribution in [-0.4, -0.2) is 49.4 Å². The number of sulfonamides is 1. The summed E-state index contributed by atoms with van der Waals surface area (Å²) >= 11 is 0. The third kappa shape index (κ3) is 6.65. The maximum atomic E-state index is 12.5. The molecule has 0 aromatic heterocycles. The summed E-state index contributed by atoms with van der Waals surface area (Å²) in [6, 6.07) is 15.8. The van der Waals surface area contributed by atoms with Crippen molar-refractivity contribution < 1.29 is 13.2 Å². The summed E-state index contributed by atoms with van der Waals surface area (Å²) in [6.45, 7) is 5.47. The molecule has 1 aliphatic rings. The number of carbonyl (C=O) groups excluding carboxylic acids is 1. The molecule has 0 atom stereocenters. The van der Waals surface area contributed by atoms with Crippen molar-refractivity contribution in [1.29, 1.82) is 0 Å². The lowest BCUT2D eigenvalue weighted by molar-refractivity contribution is -0.121.